The molecule has 0 aromatic heterocycles. The lowest BCUT2D eigenvalue weighted by molar-refractivity contribution is -0.385. The van der Waals surface area contributed by atoms with Crippen LogP contribution < -0.4 is 5.73 Å². The Balaban J connectivity index is 2.50. The summed E-state index contributed by atoms with van der Waals surface area (Å²) in [6, 6.07) is 4.91. The number of hydrogen-bond donors (Lipinski definition) is 1. The van der Waals surface area contributed by atoms with Gasteiger partial charge in [0.2, 0.25) is 0 Å². The molecular formula is C12H16N2O2. The zero-order valence-electron chi connectivity index (χ0n) is 9.78. The van der Waals surface area contributed by atoms with Gasteiger partial charge in [0.1, 0.15) is 0 Å². The molecule has 1 fully saturated rings. The van der Waals surface area contributed by atoms with Gasteiger partial charge in [0.25, 0.3) is 5.69 Å². The highest BCUT2D eigenvalue weighted by molar-refractivity contribution is 5.47. The Bertz CT molecular complexity index is 468. The maximum atomic E-state index is 10.7. The number of benzene rings is 1. The molecule has 86 valence electrons. The Morgan fingerprint density at radius 3 is 2.44 bits per heavy atom. The summed E-state index contributed by atoms with van der Waals surface area (Å²) >= 11 is 0. The van der Waals surface area contributed by atoms with Crippen molar-refractivity contribution < 1.29 is 4.92 Å². The number of rotatable bonds is 2. The second-order valence-electron chi connectivity index (χ2n) is 5.29. The van der Waals surface area contributed by atoms with E-state index in [0.717, 1.165) is 17.5 Å². The molecule has 0 bridgehead atoms. The van der Waals surface area contributed by atoms with E-state index in [2.05, 4.69) is 13.8 Å². The highest BCUT2D eigenvalue weighted by Gasteiger charge is 2.60. The molecular weight excluding hydrogens is 204 g/mol. The van der Waals surface area contributed by atoms with Gasteiger partial charge in [-0.3, -0.25) is 10.1 Å². The van der Waals surface area contributed by atoms with Crippen LogP contribution in [0.2, 0.25) is 0 Å². The molecule has 0 radical (unpaired) electrons. The third-order valence-electron chi connectivity index (χ3n) is 3.72. The van der Waals surface area contributed by atoms with Crippen LogP contribution in [0.15, 0.2) is 18.2 Å². The molecule has 1 saturated carbocycles. The van der Waals surface area contributed by atoms with E-state index in [9.17, 15) is 10.1 Å². The molecule has 1 aromatic carbocycles. The summed E-state index contributed by atoms with van der Waals surface area (Å²) in [6.45, 7) is 6.12. The van der Waals surface area contributed by atoms with E-state index in [1.807, 2.05) is 6.92 Å². The summed E-state index contributed by atoms with van der Waals surface area (Å²) in [4.78, 5) is 10.4. The van der Waals surface area contributed by atoms with E-state index in [0.29, 0.717) is 0 Å². The van der Waals surface area contributed by atoms with Crippen molar-refractivity contribution in [1.82, 2.24) is 0 Å². The number of nitro benzene ring substituents is 1. The van der Waals surface area contributed by atoms with Crippen molar-refractivity contribution in [2.75, 3.05) is 0 Å². The topological polar surface area (TPSA) is 69.2 Å². The molecule has 1 unspecified atom stereocenters. The van der Waals surface area contributed by atoms with Crippen LogP contribution in [-0.2, 0) is 5.54 Å². The molecule has 0 spiro atoms. The van der Waals surface area contributed by atoms with Gasteiger partial charge >= 0.3 is 0 Å². The molecule has 0 saturated heterocycles. The number of aryl methyl sites for hydroxylation is 1. The largest absolute Gasteiger partial charge is 0.321 e. The van der Waals surface area contributed by atoms with Crippen molar-refractivity contribution in [2.45, 2.75) is 32.7 Å². The molecule has 1 aromatic rings. The fourth-order valence-electron chi connectivity index (χ4n) is 2.32. The Kier molecular flexibility index (Phi) is 2.11. The molecule has 1 atom stereocenters. The number of hydrogen-bond acceptors (Lipinski definition) is 3. The summed E-state index contributed by atoms with van der Waals surface area (Å²) in [6.07, 6.45) is 0.877. The lowest BCUT2D eigenvalue weighted by Crippen LogP contribution is -2.26. The second-order valence-corrected chi connectivity index (χ2v) is 5.29. The van der Waals surface area contributed by atoms with Crippen LogP contribution >= 0.6 is 0 Å². The average molecular weight is 220 g/mol. The summed E-state index contributed by atoms with van der Waals surface area (Å²) < 4.78 is 0. The predicted molar refractivity (Wildman–Crippen MR) is 62.1 cm³/mol. The molecule has 4 nitrogen and oxygen atoms in total. The van der Waals surface area contributed by atoms with E-state index in [1.54, 1.807) is 12.1 Å². The first-order valence-corrected chi connectivity index (χ1v) is 5.32. The molecule has 1 aliphatic rings. The van der Waals surface area contributed by atoms with Gasteiger partial charge in [-0.25, -0.2) is 0 Å². The van der Waals surface area contributed by atoms with Crippen molar-refractivity contribution in [3.05, 3.63) is 39.4 Å². The monoisotopic (exact) mass is 220 g/mol. The van der Waals surface area contributed by atoms with Crippen LogP contribution in [0, 0.1) is 22.5 Å². The molecule has 2 N–H and O–H groups in total. The third-order valence-corrected chi connectivity index (χ3v) is 3.72. The molecule has 16 heavy (non-hydrogen) atoms. The number of nitrogens with zero attached hydrogens (tertiary/aromatic N) is 1. The summed E-state index contributed by atoms with van der Waals surface area (Å²) in [5, 5.41) is 10.7. The van der Waals surface area contributed by atoms with E-state index < -0.39 is 5.54 Å². The minimum Gasteiger partial charge on any atom is -0.321 e. The highest BCUT2D eigenvalue weighted by atomic mass is 16.6. The van der Waals surface area contributed by atoms with Crippen LogP contribution in [0.25, 0.3) is 0 Å². The number of non-ortho nitro benzene ring substituents is 1. The van der Waals surface area contributed by atoms with Crippen LogP contribution in [0.4, 0.5) is 5.69 Å². The lowest BCUT2D eigenvalue weighted by atomic mass is 9.93. The minimum absolute atomic E-state index is 0.0347. The Labute approximate surface area is 94.6 Å². The fraction of sp³-hybridized carbons (Fsp3) is 0.500. The van der Waals surface area contributed by atoms with Crippen molar-refractivity contribution >= 4 is 5.69 Å². The zero-order chi connectivity index (χ0) is 12.1. The summed E-state index contributed by atoms with van der Waals surface area (Å²) in [7, 11) is 0. The van der Waals surface area contributed by atoms with E-state index in [-0.39, 0.29) is 16.0 Å². The highest BCUT2D eigenvalue weighted by Crippen LogP contribution is 2.61. The quantitative estimate of drug-likeness (QED) is 0.615. The van der Waals surface area contributed by atoms with Crippen LogP contribution in [-0.4, -0.2) is 4.92 Å². The fourth-order valence-corrected chi connectivity index (χ4v) is 2.32. The van der Waals surface area contributed by atoms with E-state index in [1.165, 1.54) is 6.07 Å². The van der Waals surface area contributed by atoms with Gasteiger partial charge in [0.05, 0.1) is 4.92 Å². The lowest BCUT2D eigenvalue weighted by Gasteiger charge is -2.17. The average Bonchev–Trinajstić information content (AvgIpc) is 2.67. The Morgan fingerprint density at radius 1 is 1.44 bits per heavy atom. The van der Waals surface area contributed by atoms with E-state index in [4.69, 9.17) is 5.73 Å². The second kappa shape index (κ2) is 3.04. The van der Waals surface area contributed by atoms with Gasteiger partial charge in [-0.2, -0.15) is 0 Å². The first-order chi connectivity index (χ1) is 7.28. The van der Waals surface area contributed by atoms with Gasteiger partial charge in [0.15, 0.2) is 0 Å². The van der Waals surface area contributed by atoms with Gasteiger partial charge in [-0.1, -0.05) is 19.9 Å². The first kappa shape index (κ1) is 11.1. The van der Waals surface area contributed by atoms with E-state index >= 15 is 0 Å². The maximum absolute atomic E-state index is 10.7. The third kappa shape index (κ3) is 1.41. The molecule has 0 heterocycles. The van der Waals surface area contributed by atoms with Crippen LogP contribution in [0.5, 0.6) is 0 Å². The van der Waals surface area contributed by atoms with Crippen molar-refractivity contribution in [3.8, 4) is 0 Å². The predicted octanol–water partition coefficient (Wildman–Crippen LogP) is 2.49. The Hall–Kier alpha value is -1.42. The number of nitrogens with two attached hydrogens (primary N) is 1. The molecule has 0 amide bonds. The van der Waals surface area contributed by atoms with Gasteiger partial charge in [-0.15, -0.1) is 0 Å². The first-order valence-electron chi connectivity index (χ1n) is 5.32. The van der Waals surface area contributed by atoms with Gasteiger partial charge in [0, 0.05) is 17.7 Å². The smallest absolute Gasteiger partial charge is 0.269 e. The molecule has 0 aliphatic heterocycles. The van der Waals surface area contributed by atoms with Crippen molar-refractivity contribution in [3.63, 3.8) is 0 Å². The summed E-state index contributed by atoms with van der Waals surface area (Å²) in [5.41, 5.74) is 7.98. The maximum Gasteiger partial charge on any atom is 0.269 e. The van der Waals surface area contributed by atoms with Crippen LogP contribution in [0.1, 0.15) is 31.4 Å². The number of nitro groups is 1. The SMILES string of the molecule is Cc1ccc([N+](=O)[O-])cc1C1(N)CC1(C)C. The van der Waals surface area contributed by atoms with Crippen LogP contribution in [0.3, 0.4) is 0 Å². The van der Waals surface area contributed by atoms with Crippen molar-refractivity contribution in [2.24, 2.45) is 11.1 Å². The Morgan fingerprint density at radius 2 is 2.00 bits per heavy atom. The zero-order valence-corrected chi connectivity index (χ0v) is 9.78. The van der Waals surface area contributed by atoms with Gasteiger partial charge in [-0.05, 0) is 29.9 Å². The van der Waals surface area contributed by atoms with Gasteiger partial charge < -0.3 is 5.73 Å². The summed E-state index contributed by atoms with van der Waals surface area (Å²) in [5.74, 6) is 0. The molecule has 4 heteroatoms. The normalized spacial score (nSPS) is 26.5. The minimum atomic E-state index is -0.400. The standard InChI is InChI=1S/C12H16N2O2/c1-8-4-5-9(14(15)16)6-10(8)12(13)7-11(12,2)3/h4-6H,7,13H2,1-3H3. The van der Waals surface area contributed by atoms with Crippen molar-refractivity contribution in [1.29, 1.82) is 0 Å². The molecule has 2 rings (SSSR count). The molecule has 1 aliphatic carbocycles.